The van der Waals surface area contributed by atoms with E-state index in [1.54, 1.807) is 6.92 Å². The highest BCUT2D eigenvalue weighted by Gasteiger charge is 2.23. The van der Waals surface area contributed by atoms with Crippen molar-refractivity contribution in [1.29, 1.82) is 0 Å². The third kappa shape index (κ3) is 2.55. The monoisotopic (exact) mass is 250 g/mol. The van der Waals surface area contributed by atoms with Crippen molar-refractivity contribution < 1.29 is 9.72 Å². The Morgan fingerprint density at radius 1 is 1.61 bits per heavy atom. The number of nitrogens with one attached hydrogen (secondary N) is 2. The van der Waals surface area contributed by atoms with E-state index < -0.39 is 4.92 Å². The van der Waals surface area contributed by atoms with Gasteiger partial charge in [0.05, 0.1) is 11.0 Å². The fraction of sp³-hybridized carbons (Fsp3) is 0.455. The van der Waals surface area contributed by atoms with Crippen molar-refractivity contribution >= 4 is 17.4 Å². The first-order valence-electron chi connectivity index (χ1n) is 5.73. The summed E-state index contributed by atoms with van der Waals surface area (Å²) in [5.74, 6) is 0.264. The van der Waals surface area contributed by atoms with Gasteiger partial charge in [0.25, 0.3) is 5.69 Å². The fourth-order valence-electron chi connectivity index (χ4n) is 1.88. The van der Waals surface area contributed by atoms with Gasteiger partial charge in [-0.1, -0.05) is 0 Å². The molecule has 1 aliphatic heterocycles. The van der Waals surface area contributed by atoms with E-state index in [4.69, 9.17) is 0 Å². The van der Waals surface area contributed by atoms with Gasteiger partial charge in [0.1, 0.15) is 11.9 Å². The molecule has 2 heterocycles. The van der Waals surface area contributed by atoms with Crippen molar-refractivity contribution in [3.63, 3.8) is 0 Å². The molecule has 7 heteroatoms. The second-order valence-corrected chi connectivity index (χ2v) is 4.24. The number of nitrogens with zero attached hydrogens (tertiary/aromatic N) is 2. The summed E-state index contributed by atoms with van der Waals surface area (Å²) in [7, 11) is 0. The van der Waals surface area contributed by atoms with E-state index in [9.17, 15) is 14.9 Å². The Kier molecular flexibility index (Phi) is 3.40. The van der Waals surface area contributed by atoms with Crippen molar-refractivity contribution in [2.75, 3.05) is 11.9 Å². The average Bonchev–Trinajstić information content (AvgIpc) is 2.34. The van der Waals surface area contributed by atoms with Crippen LogP contribution >= 0.6 is 0 Å². The van der Waals surface area contributed by atoms with Crippen LogP contribution in [0.5, 0.6) is 0 Å². The number of carbonyl (C=O) groups is 1. The summed E-state index contributed by atoms with van der Waals surface area (Å²) in [6.45, 7) is 2.31. The van der Waals surface area contributed by atoms with E-state index in [0.29, 0.717) is 24.3 Å². The molecule has 96 valence electrons. The molecule has 1 aliphatic rings. The number of hydrogen-bond donors (Lipinski definition) is 2. The number of pyridine rings is 1. The first kappa shape index (κ1) is 12.3. The topological polar surface area (TPSA) is 97.2 Å². The lowest BCUT2D eigenvalue weighted by Gasteiger charge is -2.23. The molecule has 1 fully saturated rings. The van der Waals surface area contributed by atoms with E-state index in [1.165, 1.54) is 12.3 Å². The summed E-state index contributed by atoms with van der Waals surface area (Å²) in [4.78, 5) is 25.9. The quantitative estimate of drug-likeness (QED) is 0.615. The largest absolute Gasteiger partial charge is 0.358 e. The second-order valence-electron chi connectivity index (χ2n) is 4.24. The molecule has 1 aromatic heterocycles. The van der Waals surface area contributed by atoms with E-state index in [0.717, 1.165) is 6.42 Å². The maximum atomic E-state index is 11.5. The maximum absolute atomic E-state index is 11.5. The third-order valence-corrected chi connectivity index (χ3v) is 2.88. The highest BCUT2D eigenvalue weighted by Crippen LogP contribution is 2.21. The Balaban J connectivity index is 2.16. The third-order valence-electron chi connectivity index (χ3n) is 2.88. The molecule has 7 nitrogen and oxygen atoms in total. The first-order valence-corrected chi connectivity index (χ1v) is 5.73. The Hall–Kier alpha value is -2.18. The van der Waals surface area contributed by atoms with Crippen molar-refractivity contribution in [2.24, 2.45) is 0 Å². The van der Waals surface area contributed by atoms with Crippen LogP contribution in [0.1, 0.15) is 18.4 Å². The number of aryl methyl sites for hydroxylation is 1. The highest BCUT2D eigenvalue weighted by molar-refractivity contribution is 5.85. The Labute approximate surface area is 104 Å². The molecule has 1 aromatic rings. The predicted octanol–water partition coefficient (Wildman–Crippen LogP) is 0.989. The van der Waals surface area contributed by atoms with Gasteiger partial charge >= 0.3 is 0 Å². The van der Waals surface area contributed by atoms with Gasteiger partial charge in [0.15, 0.2) is 0 Å². The van der Waals surface area contributed by atoms with Gasteiger partial charge in [-0.25, -0.2) is 4.98 Å². The summed E-state index contributed by atoms with van der Waals surface area (Å²) in [5.41, 5.74) is 0.502. The van der Waals surface area contributed by atoms with Crippen LogP contribution in [0, 0.1) is 17.0 Å². The van der Waals surface area contributed by atoms with Crippen LogP contribution in [0.25, 0.3) is 0 Å². The molecule has 0 aliphatic carbocycles. The molecule has 1 unspecified atom stereocenters. The zero-order valence-electron chi connectivity index (χ0n) is 9.97. The van der Waals surface area contributed by atoms with Crippen molar-refractivity contribution in [3.8, 4) is 0 Å². The van der Waals surface area contributed by atoms with Crippen molar-refractivity contribution in [3.05, 3.63) is 27.9 Å². The summed E-state index contributed by atoms with van der Waals surface area (Å²) in [6.07, 6.45) is 3.02. The molecule has 0 spiro atoms. The molecular weight excluding hydrogens is 236 g/mol. The number of aromatic nitrogens is 1. The van der Waals surface area contributed by atoms with Crippen LogP contribution in [0.15, 0.2) is 12.3 Å². The summed E-state index contributed by atoms with van der Waals surface area (Å²) in [5, 5.41) is 16.5. The SMILES string of the molecule is Cc1cnc(NC2CCCNC2=O)cc1[N+](=O)[O-]. The smallest absolute Gasteiger partial charge is 0.277 e. The van der Waals surface area contributed by atoms with Gasteiger partial charge < -0.3 is 10.6 Å². The van der Waals surface area contributed by atoms with Gasteiger partial charge in [-0.3, -0.25) is 14.9 Å². The van der Waals surface area contributed by atoms with Crippen LogP contribution < -0.4 is 10.6 Å². The lowest BCUT2D eigenvalue weighted by atomic mass is 10.1. The van der Waals surface area contributed by atoms with E-state index in [2.05, 4.69) is 15.6 Å². The molecule has 1 amide bonds. The molecular formula is C11H14N4O3. The minimum absolute atomic E-state index is 0.00344. The minimum atomic E-state index is -0.455. The number of anilines is 1. The number of rotatable bonds is 3. The lowest BCUT2D eigenvalue weighted by molar-refractivity contribution is -0.385. The standard InChI is InChI=1S/C11H14N4O3/c1-7-6-13-10(5-9(7)15(17)18)14-8-3-2-4-12-11(8)16/h5-6,8H,2-4H2,1H3,(H,12,16)(H,13,14). The summed E-state index contributed by atoms with van der Waals surface area (Å²) >= 11 is 0. The van der Waals surface area contributed by atoms with Gasteiger partial charge in [0, 0.05) is 18.3 Å². The normalized spacial score (nSPS) is 19.2. The molecule has 2 rings (SSSR count). The molecule has 2 N–H and O–H groups in total. The number of hydrogen-bond acceptors (Lipinski definition) is 5. The molecule has 0 saturated carbocycles. The first-order chi connectivity index (χ1) is 8.58. The van der Waals surface area contributed by atoms with Crippen LogP contribution in [0.3, 0.4) is 0 Å². The van der Waals surface area contributed by atoms with Crippen molar-refractivity contribution in [1.82, 2.24) is 10.3 Å². The van der Waals surface area contributed by atoms with Gasteiger partial charge in [-0.15, -0.1) is 0 Å². The van der Waals surface area contributed by atoms with Gasteiger partial charge in [0.2, 0.25) is 5.91 Å². The number of carbonyl (C=O) groups excluding carboxylic acids is 1. The number of amides is 1. The maximum Gasteiger partial charge on any atom is 0.277 e. The van der Waals surface area contributed by atoms with E-state index >= 15 is 0 Å². The van der Waals surface area contributed by atoms with Crippen LogP contribution in [0.4, 0.5) is 11.5 Å². The van der Waals surface area contributed by atoms with Gasteiger partial charge in [-0.05, 0) is 19.8 Å². The zero-order chi connectivity index (χ0) is 13.1. The number of piperidine rings is 1. The van der Waals surface area contributed by atoms with Crippen LogP contribution in [0.2, 0.25) is 0 Å². The Bertz CT molecular complexity index is 489. The molecule has 0 radical (unpaired) electrons. The Morgan fingerprint density at radius 3 is 3.06 bits per heavy atom. The minimum Gasteiger partial charge on any atom is -0.358 e. The molecule has 0 bridgehead atoms. The second kappa shape index (κ2) is 4.99. The van der Waals surface area contributed by atoms with E-state index in [1.807, 2.05) is 0 Å². The van der Waals surface area contributed by atoms with Gasteiger partial charge in [-0.2, -0.15) is 0 Å². The molecule has 18 heavy (non-hydrogen) atoms. The predicted molar refractivity (Wildman–Crippen MR) is 65.3 cm³/mol. The van der Waals surface area contributed by atoms with Crippen LogP contribution in [-0.2, 0) is 4.79 Å². The molecule has 0 aromatic carbocycles. The zero-order valence-corrected chi connectivity index (χ0v) is 9.97. The average molecular weight is 250 g/mol. The molecule has 1 saturated heterocycles. The van der Waals surface area contributed by atoms with E-state index in [-0.39, 0.29) is 17.6 Å². The number of nitro groups is 1. The summed E-state index contributed by atoms with van der Waals surface area (Å²) < 4.78 is 0. The molecule has 1 atom stereocenters. The Morgan fingerprint density at radius 2 is 2.39 bits per heavy atom. The highest BCUT2D eigenvalue weighted by atomic mass is 16.6. The summed E-state index contributed by atoms with van der Waals surface area (Å²) in [6, 6.07) is 0.991. The van der Waals surface area contributed by atoms with Crippen molar-refractivity contribution in [2.45, 2.75) is 25.8 Å². The lowest BCUT2D eigenvalue weighted by Crippen LogP contribution is -2.44. The fourth-order valence-corrected chi connectivity index (χ4v) is 1.88. The van der Waals surface area contributed by atoms with Crippen LogP contribution in [-0.4, -0.2) is 28.4 Å².